The normalized spacial score (nSPS) is 13.9. The van der Waals surface area contributed by atoms with Gasteiger partial charge in [0, 0.05) is 23.1 Å². The number of carbonyl (C=O) groups is 1. The first-order valence-corrected chi connectivity index (χ1v) is 7.82. The second-order valence-corrected chi connectivity index (χ2v) is 5.93. The molecule has 0 radical (unpaired) electrons. The Balaban J connectivity index is 1.43. The van der Waals surface area contributed by atoms with Gasteiger partial charge in [0.1, 0.15) is 5.75 Å². The van der Waals surface area contributed by atoms with E-state index < -0.39 is 0 Å². The van der Waals surface area contributed by atoms with Crippen molar-refractivity contribution in [2.24, 2.45) is 0 Å². The molecule has 0 bridgehead atoms. The van der Waals surface area contributed by atoms with Gasteiger partial charge in [-0.05, 0) is 25.0 Å². The fourth-order valence-electron chi connectivity index (χ4n) is 1.96. The van der Waals surface area contributed by atoms with Crippen molar-refractivity contribution in [3.63, 3.8) is 0 Å². The van der Waals surface area contributed by atoms with Gasteiger partial charge in [0.15, 0.2) is 5.13 Å². The van der Waals surface area contributed by atoms with Crippen molar-refractivity contribution in [1.82, 2.24) is 4.98 Å². The van der Waals surface area contributed by atoms with Crippen LogP contribution in [0.2, 0.25) is 0 Å². The molecule has 3 rings (SSSR count). The highest BCUT2D eigenvalue weighted by Crippen LogP contribution is 2.40. The molecular weight excluding hydrogens is 286 g/mol. The number of ether oxygens (including phenoxy) is 1. The number of thiazole rings is 1. The zero-order chi connectivity index (χ0) is 14.7. The lowest BCUT2D eigenvalue weighted by atomic mass is 10.3. The van der Waals surface area contributed by atoms with Crippen LogP contribution in [0.4, 0.5) is 10.8 Å². The highest BCUT2D eigenvalue weighted by atomic mass is 32.1. The van der Waals surface area contributed by atoms with Crippen LogP contribution in [0, 0.1) is 0 Å². The number of amides is 1. The zero-order valence-electron chi connectivity index (χ0n) is 11.5. The summed E-state index contributed by atoms with van der Waals surface area (Å²) in [5.74, 6) is 1.20. The van der Waals surface area contributed by atoms with E-state index >= 15 is 0 Å². The predicted molar refractivity (Wildman–Crippen MR) is 83.7 cm³/mol. The molecule has 1 fully saturated rings. The molecule has 110 valence electrons. The van der Waals surface area contributed by atoms with E-state index in [1.54, 1.807) is 12.1 Å². The number of nitrogens with zero attached hydrogens (tertiary/aromatic N) is 1. The van der Waals surface area contributed by atoms with Gasteiger partial charge < -0.3 is 15.8 Å². The molecule has 21 heavy (non-hydrogen) atoms. The molecule has 1 aromatic heterocycles. The van der Waals surface area contributed by atoms with Gasteiger partial charge in [-0.3, -0.25) is 4.79 Å². The first-order valence-electron chi connectivity index (χ1n) is 6.94. The summed E-state index contributed by atoms with van der Waals surface area (Å²) in [6.07, 6.45) is 2.71. The third kappa shape index (κ3) is 3.95. The lowest BCUT2D eigenvalue weighted by Crippen LogP contribution is -2.15. The number of nitrogens with one attached hydrogen (secondary N) is 1. The average Bonchev–Trinajstić information content (AvgIpc) is 3.20. The summed E-state index contributed by atoms with van der Waals surface area (Å²) in [7, 11) is 0. The van der Waals surface area contributed by atoms with E-state index in [4.69, 9.17) is 10.5 Å². The minimum atomic E-state index is -0.0874. The Morgan fingerprint density at radius 3 is 3.10 bits per heavy atom. The number of hydrogen-bond donors (Lipinski definition) is 2. The Bertz CT molecular complexity index is 637. The highest BCUT2D eigenvalue weighted by Gasteiger charge is 2.26. The molecule has 1 aliphatic carbocycles. The van der Waals surface area contributed by atoms with Crippen LogP contribution < -0.4 is 15.8 Å². The van der Waals surface area contributed by atoms with Crippen molar-refractivity contribution in [2.45, 2.75) is 25.2 Å². The Kier molecular flexibility index (Phi) is 4.06. The van der Waals surface area contributed by atoms with E-state index in [0.717, 1.165) is 5.69 Å². The monoisotopic (exact) mass is 303 g/mol. The van der Waals surface area contributed by atoms with Crippen LogP contribution in [0.3, 0.4) is 0 Å². The van der Waals surface area contributed by atoms with Gasteiger partial charge in [-0.2, -0.15) is 0 Å². The number of nitrogens with two attached hydrogens (primary N) is 1. The van der Waals surface area contributed by atoms with E-state index in [9.17, 15) is 4.79 Å². The minimum absolute atomic E-state index is 0.0874. The van der Waals surface area contributed by atoms with Crippen molar-refractivity contribution in [3.05, 3.63) is 35.3 Å². The van der Waals surface area contributed by atoms with Gasteiger partial charge in [-0.25, -0.2) is 4.98 Å². The Hall–Kier alpha value is -2.08. The van der Waals surface area contributed by atoms with Crippen molar-refractivity contribution in [1.29, 1.82) is 0 Å². The van der Waals surface area contributed by atoms with Crippen LogP contribution in [0.1, 0.15) is 30.9 Å². The largest absolute Gasteiger partial charge is 0.493 e. The number of hydrogen-bond acceptors (Lipinski definition) is 5. The van der Waals surface area contributed by atoms with Gasteiger partial charge >= 0.3 is 0 Å². The topological polar surface area (TPSA) is 77.2 Å². The van der Waals surface area contributed by atoms with Crippen molar-refractivity contribution >= 4 is 28.1 Å². The first-order chi connectivity index (χ1) is 10.2. The summed E-state index contributed by atoms with van der Waals surface area (Å²) in [6, 6.07) is 7.16. The minimum Gasteiger partial charge on any atom is -0.493 e. The molecule has 0 aliphatic heterocycles. The van der Waals surface area contributed by atoms with Crippen LogP contribution in [0.5, 0.6) is 5.75 Å². The number of rotatable bonds is 6. The third-order valence-corrected chi connectivity index (χ3v) is 4.00. The predicted octanol–water partition coefficient (Wildman–Crippen LogP) is 3.01. The number of anilines is 2. The number of benzene rings is 1. The summed E-state index contributed by atoms with van der Waals surface area (Å²) in [5.41, 5.74) is 7.41. The zero-order valence-corrected chi connectivity index (χ0v) is 12.4. The van der Waals surface area contributed by atoms with Gasteiger partial charge in [-0.1, -0.05) is 6.07 Å². The molecule has 0 atom stereocenters. The van der Waals surface area contributed by atoms with Crippen molar-refractivity contribution in [3.8, 4) is 5.75 Å². The molecule has 5 nitrogen and oxygen atoms in total. The van der Waals surface area contributed by atoms with E-state index in [1.807, 2.05) is 17.5 Å². The second kappa shape index (κ2) is 6.13. The number of nitrogen functional groups attached to an aromatic ring is 1. The second-order valence-electron chi connectivity index (χ2n) is 5.07. The molecule has 0 saturated heterocycles. The molecule has 3 N–H and O–H groups in total. The fraction of sp³-hybridized carbons (Fsp3) is 0.333. The Morgan fingerprint density at radius 2 is 2.33 bits per heavy atom. The van der Waals surface area contributed by atoms with Gasteiger partial charge in [0.2, 0.25) is 5.91 Å². The Labute approximate surface area is 127 Å². The smallest absolute Gasteiger partial charge is 0.229 e. The van der Waals surface area contributed by atoms with Gasteiger partial charge in [0.25, 0.3) is 0 Å². The van der Waals surface area contributed by atoms with Crippen molar-refractivity contribution < 1.29 is 9.53 Å². The van der Waals surface area contributed by atoms with E-state index in [2.05, 4.69) is 10.3 Å². The number of carbonyl (C=O) groups excluding carboxylic acids is 1. The Morgan fingerprint density at radius 1 is 1.48 bits per heavy atom. The average molecular weight is 303 g/mol. The van der Waals surface area contributed by atoms with E-state index in [1.165, 1.54) is 24.2 Å². The van der Waals surface area contributed by atoms with E-state index in [-0.39, 0.29) is 12.3 Å². The molecule has 1 heterocycles. The van der Waals surface area contributed by atoms with Crippen LogP contribution >= 0.6 is 11.3 Å². The SMILES string of the molecule is Nc1cccc(OCCC(=O)Nc2nc(C3CC3)cs2)c1. The maximum atomic E-state index is 11.8. The lowest BCUT2D eigenvalue weighted by Gasteiger charge is -2.06. The maximum absolute atomic E-state index is 11.8. The summed E-state index contributed by atoms with van der Waals surface area (Å²) >= 11 is 1.48. The van der Waals surface area contributed by atoms with Crippen LogP contribution in [0.15, 0.2) is 29.6 Å². The standard InChI is InChI=1S/C15H17N3O2S/c16-11-2-1-3-12(8-11)20-7-6-14(19)18-15-17-13(9-21-15)10-4-5-10/h1-3,8-10H,4-7,16H2,(H,17,18,19). The maximum Gasteiger partial charge on any atom is 0.229 e. The van der Waals surface area contributed by atoms with Gasteiger partial charge in [-0.15, -0.1) is 11.3 Å². The lowest BCUT2D eigenvalue weighted by molar-refractivity contribution is -0.116. The molecule has 2 aromatic rings. The summed E-state index contributed by atoms with van der Waals surface area (Å²) in [4.78, 5) is 16.2. The highest BCUT2D eigenvalue weighted by molar-refractivity contribution is 7.13. The fourth-order valence-corrected chi connectivity index (χ4v) is 2.77. The van der Waals surface area contributed by atoms with Crippen LogP contribution in [0.25, 0.3) is 0 Å². The molecule has 6 heteroatoms. The van der Waals surface area contributed by atoms with Crippen molar-refractivity contribution in [2.75, 3.05) is 17.7 Å². The van der Waals surface area contributed by atoms with Crippen LogP contribution in [-0.2, 0) is 4.79 Å². The molecule has 0 spiro atoms. The molecule has 1 aromatic carbocycles. The molecule has 1 aliphatic rings. The molecule has 1 saturated carbocycles. The quantitative estimate of drug-likeness (QED) is 0.804. The van der Waals surface area contributed by atoms with E-state index in [0.29, 0.717) is 29.1 Å². The molecule has 0 unspecified atom stereocenters. The summed E-state index contributed by atoms with van der Waals surface area (Å²) < 4.78 is 5.49. The number of aromatic nitrogens is 1. The third-order valence-electron chi connectivity index (χ3n) is 3.22. The van der Waals surface area contributed by atoms with Gasteiger partial charge in [0.05, 0.1) is 18.7 Å². The summed E-state index contributed by atoms with van der Waals surface area (Å²) in [5, 5.41) is 5.50. The first kappa shape index (κ1) is 13.9. The molecular formula is C15H17N3O2S. The summed E-state index contributed by atoms with van der Waals surface area (Å²) in [6.45, 7) is 0.316. The molecule has 1 amide bonds. The van der Waals surface area contributed by atoms with Crippen LogP contribution in [-0.4, -0.2) is 17.5 Å².